The molecule has 4 aromatic heterocycles. The molecule has 1 aliphatic rings. The van der Waals surface area contributed by atoms with Crippen LogP contribution in [0.2, 0.25) is 0 Å². The predicted molar refractivity (Wildman–Crippen MR) is 136 cm³/mol. The van der Waals surface area contributed by atoms with Crippen molar-refractivity contribution in [1.82, 2.24) is 39.9 Å². The lowest BCUT2D eigenvalue weighted by molar-refractivity contribution is 0.229. The number of aliphatic hydroxyl groups is 1. The highest BCUT2D eigenvalue weighted by Gasteiger charge is 2.41. The lowest BCUT2D eigenvalue weighted by atomic mass is 10.1. The molecule has 4 N–H and O–H groups in total. The Labute approximate surface area is 209 Å². The summed E-state index contributed by atoms with van der Waals surface area (Å²) in [6.45, 7) is 0.403. The Morgan fingerprint density at radius 3 is 2.78 bits per heavy atom. The number of pyridine rings is 1. The number of nitrogens with one attached hydrogen (secondary N) is 1. The third-order valence-electron chi connectivity index (χ3n) is 7.03. The van der Waals surface area contributed by atoms with Gasteiger partial charge >= 0.3 is 0 Å². The summed E-state index contributed by atoms with van der Waals surface area (Å²) in [7, 11) is 0. The first kappa shape index (κ1) is 21.8. The van der Waals surface area contributed by atoms with E-state index < -0.39 is 0 Å². The zero-order valence-corrected chi connectivity index (χ0v) is 19.6. The van der Waals surface area contributed by atoms with E-state index >= 15 is 0 Å². The number of hydrogen-bond donors (Lipinski definition) is 3. The van der Waals surface area contributed by atoms with E-state index in [-0.39, 0.29) is 18.0 Å². The van der Waals surface area contributed by atoms with Crippen molar-refractivity contribution in [3.05, 3.63) is 72.4 Å². The molecule has 2 aromatic carbocycles. The number of benzene rings is 2. The molecule has 1 saturated carbocycles. The van der Waals surface area contributed by atoms with E-state index in [1.165, 1.54) is 12.1 Å². The minimum absolute atomic E-state index is 0.0452. The fourth-order valence-corrected chi connectivity index (χ4v) is 4.71. The van der Waals surface area contributed by atoms with E-state index in [1.54, 1.807) is 27.7 Å². The molecule has 0 unspecified atom stereocenters. The van der Waals surface area contributed by atoms with E-state index in [9.17, 15) is 9.50 Å². The topological polar surface area (TPSA) is 132 Å². The second kappa shape index (κ2) is 8.02. The van der Waals surface area contributed by atoms with E-state index in [0.29, 0.717) is 45.9 Å². The summed E-state index contributed by atoms with van der Waals surface area (Å²) in [5.41, 5.74) is 11.8. The van der Waals surface area contributed by atoms with Crippen molar-refractivity contribution >= 4 is 33.4 Å². The summed E-state index contributed by atoms with van der Waals surface area (Å²) in [6.07, 6.45) is 5.17. The van der Waals surface area contributed by atoms with E-state index in [1.807, 2.05) is 30.3 Å². The number of nitrogen functional groups attached to an aromatic ring is 1. The molecule has 4 heterocycles. The highest BCUT2D eigenvalue weighted by molar-refractivity contribution is 5.87. The van der Waals surface area contributed by atoms with Gasteiger partial charge in [-0.1, -0.05) is 17.3 Å². The Morgan fingerprint density at radius 1 is 1.08 bits per heavy atom. The summed E-state index contributed by atoms with van der Waals surface area (Å²) in [5, 5.41) is 27.1. The highest BCUT2D eigenvalue weighted by Crippen LogP contribution is 2.36. The van der Waals surface area contributed by atoms with Crippen molar-refractivity contribution < 1.29 is 9.50 Å². The Balaban J connectivity index is 1.43. The number of aliphatic hydroxyl groups excluding tert-OH is 1. The minimum atomic E-state index is -0.329. The number of rotatable bonds is 6. The normalized spacial score (nSPS) is 14.6. The van der Waals surface area contributed by atoms with E-state index in [4.69, 9.17) is 10.7 Å². The van der Waals surface area contributed by atoms with Gasteiger partial charge in [-0.2, -0.15) is 9.61 Å². The number of anilines is 1. The predicted octanol–water partition coefficient (Wildman–Crippen LogP) is 3.01. The van der Waals surface area contributed by atoms with Crippen LogP contribution in [-0.2, 0) is 6.54 Å². The van der Waals surface area contributed by atoms with Gasteiger partial charge in [0.2, 0.25) is 0 Å². The van der Waals surface area contributed by atoms with Gasteiger partial charge in [0.05, 0.1) is 29.5 Å². The number of nitrogens with two attached hydrogens (primary N) is 1. The van der Waals surface area contributed by atoms with Gasteiger partial charge in [0.15, 0.2) is 11.5 Å². The standard InChI is InChI=1S/C26H22FN9O/c27-17-5-6-19-15(10-17)9-16(11-29-19)18-12-31-36-24(28)23(35-22-4-2-1-3-20(22)33-34-35)21(32-25(18)36)13-30-26(14-37)7-8-26/h1-6,9-12,30,37H,7-8,13-14,28H2. The third kappa shape index (κ3) is 3.51. The van der Waals surface area contributed by atoms with Crippen molar-refractivity contribution in [2.45, 2.75) is 24.9 Å². The maximum atomic E-state index is 13.9. The molecule has 1 fully saturated rings. The molecule has 10 nitrogen and oxygen atoms in total. The SMILES string of the molecule is Nc1c(-n2nnc3ccccc32)c(CNC2(CO)CC2)nc2c(-c3cnc4ccc(F)cc4c3)cnn12. The van der Waals surface area contributed by atoms with Gasteiger partial charge in [0.1, 0.15) is 17.0 Å². The second-order valence-electron chi connectivity index (χ2n) is 9.43. The molecule has 0 radical (unpaired) electrons. The van der Waals surface area contributed by atoms with Crippen molar-refractivity contribution in [2.75, 3.05) is 12.3 Å². The fourth-order valence-electron chi connectivity index (χ4n) is 4.71. The van der Waals surface area contributed by atoms with Gasteiger partial charge < -0.3 is 16.2 Å². The van der Waals surface area contributed by atoms with Crippen molar-refractivity contribution in [1.29, 1.82) is 0 Å². The summed E-state index contributed by atoms with van der Waals surface area (Å²) in [5.74, 6) is 0.0157. The first-order valence-corrected chi connectivity index (χ1v) is 11.9. The van der Waals surface area contributed by atoms with Gasteiger partial charge in [-0.05, 0) is 49.2 Å². The first-order valence-electron chi connectivity index (χ1n) is 11.9. The van der Waals surface area contributed by atoms with Crippen LogP contribution >= 0.6 is 0 Å². The number of para-hydroxylation sites is 1. The van der Waals surface area contributed by atoms with E-state index in [0.717, 1.165) is 29.4 Å². The molecule has 0 saturated heterocycles. The number of fused-ring (bicyclic) bond motifs is 3. The summed E-state index contributed by atoms with van der Waals surface area (Å²) in [4.78, 5) is 9.47. The molecule has 0 bridgehead atoms. The van der Waals surface area contributed by atoms with Crippen LogP contribution in [0.4, 0.5) is 10.2 Å². The van der Waals surface area contributed by atoms with Gasteiger partial charge in [-0.3, -0.25) is 4.98 Å². The molecular weight excluding hydrogens is 473 g/mol. The highest BCUT2D eigenvalue weighted by atomic mass is 19.1. The Kier molecular flexibility index (Phi) is 4.72. The maximum absolute atomic E-state index is 13.9. The van der Waals surface area contributed by atoms with E-state index in [2.05, 4.69) is 25.7 Å². The third-order valence-corrected chi connectivity index (χ3v) is 7.03. The Morgan fingerprint density at radius 2 is 1.95 bits per heavy atom. The molecule has 0 spiro atoms. The maximum Gasteiger partial charge on any atom is 0.165 e. The van der Waals surface area contributed by atoms with Crippen LogP contribution in [0.1, 0.15) is 18.5 Å². The van der Waals surface area contributed by atoms with Crippen LogP contribution < -0.4 is 11.1 Å². The molecule has 7 rings (SSSR count). The number of nitrogens with zero attached hydrogens (tertiary/aromatic N) is 7. The smallest absolute Gasteiger partial charge is 0.165 e. The zero-order chi connectivity index (χ0) is 25.1. The molecular formula is C26H22FN9O. The van der Waals surface area contributed by atoms with Crippen molar-refractivity contribution in [3.63, 3.8) is 0 Å². The number of halogens is 1. The monoisotopic (exact) mass is 495 g/mol. The zero-order valence-electron chi connectivity index (χ0n) is 19.6. The van der Waals surface area contributed by atoms with Crippen LogP contribution in [-0.4, -0.2) is 51.8 Å². The first-order chi connectivity index (χ1) is 18.0. The summed E-state index contributed by atoms with van der Waals surface area (Å²) in [6, 6.07) is 14.0. The minimum Gasteiger partial charge on any atom is -0.394 e. The van der Waals surface area contributed by atoms with Crippen LogP contribution in [0, 0.1) is 5.82 Å². The van der Waals surface area contributed by atoms with Gasteiger partial charge in [0.25, 0.3) is 0 Å². The molecule has 0 aliphatic heterocycles. The van der Waals surface area contributed by atoms with Gasteiger partial charge in [-0.15, -0.1) is 5.10 Å². The van der Waals surface area contributed by atoms with Crippen LogP contribution in [0.15, 0.2) is 60.9 Å². The van der Waals surface area contributed by atoms with Gasteiger partial charge in [-0.25, -0.2) is 14.1 Å². The second-order valence-corrected chi connectivity index (χ2v) is 9.43. The molecule has 184 valence electrons. The molecule has 1 aliphatic carbocycles. The van der Waals surface area contributed by atoms with Crippen molar-refractivity contribution in [2.24, 2.45) is 0 Å². The van der Waals surface area contributed by atoms with Crippen LogP contribution in [0.5, 0.6) is 0 Å². The molecule has 0 atom stereocenters. The average Bonchev–Trinajstić information content (AvgIpc) is 3.38. The molecule has 37 heavy (non-hydrogen) atoms. The van der Waals surface area contributed by atoms with Gasteiger partial charge in [0, 0.05) is 34.8 Å². The largest absolute Gasteiger partial charge is 0.394 e. The summed E-state index contributed by atoms with van der Waals surface area (Å²) < 4.78 is 17.1. The Hall–Kier alpha value is -4.48. The average molecular weight is 496 g/mol. The van der Waals surface area contributed by atoms with Crippen LogP contribution in [0.3, 0.4) is 0 Å². The molecule has 11 heteroatoms. The lowest BCUT2D eigenvalue weighted by Crippen LogP contribution is -2.35. The quantitative estimate of drug-likeness (QED) is 0.321. The van der Waals surface area contributed by atoms with Crippen molar-refractivity contribution in [3.8, 4) is 16.8 Å². The Bertz CT molecular complexity index is 1820. The number of aromatic nitrogens is 7. The molecule has 6 aromatic rings. The lowest BCUT2D eigenvalue weighted by Gasteiger charge is -2.18. The number of hydrogen-bond acceptors (Lipinski definition) is 8. The summed E-state index contributed by atoms with van der Waals surface area (Å²) >= 11 is 0. The van der Waals surface area contributed by atoms with Crippen LogP contribution in [0.25, 0.3) is 44.4 Å². The fraction of sp³-hybridized carbons (Fsp3) is 0.192. The molecule has 0 amide bonds.